The molecule has 0 spiro atoms. The highest BCUT2D eigenvalue weighted by atomic mass is 16.5. The Labute approximate surface area is 119 Å². The molecule has 1 fully saturated rings. The lowest BCUT2D eigenvalue weighted by Gasteiger charge is -2.24. The summed E-state index contributed by atoms with van der Waals surface area (Å²) in [5.41, 5.74) is 1.21. The van der Waals surface area contributed by atoms with Gasteiger partial charge in [0.15, 0.2) is 6.61 Å². The number of ether oxygens (including phenoxy) is 1. The van der Waals surface area contributed by atoms with Gasteiger partial charge in [-0.05, 0) is 44.8 Å². The van der Waals surface area contributed by atoms with Gasteiger partial charge >= 0.3 is 5.97 Å². The molecule has 1 saturated heterocycles. The summed E-state index contributed by atoms with van der Waals surface area (Å²) >= 11 is 0. The van der Waals surface area contributed by atoms with Crippen molar-refractivity contribution in [1.29, 1.82) is 0 Å². The molecule has 1 aliphatic heterocycles. The van der Waals surface area contributed by atoms with Gasteiger partial charge in [0.1, 0.15) is 5.75 Å². The summed E-state index contributed by atoms with van der Waals surface area (Å²) in [6.45, 7) is 2.89. The molecule has 0 unspecified atom stereocenters. The van der Waals surface area contributed by atoms with Crippen molar-refractivity contribution in [3.8, 4) is 5.75 Å². The molecular weight excluding hydrogens is 256 g/mol. The number of carbonyl (C=O) groups is 1. The topological polar surface area (TPSA) is 53.0 Å². The third kappa shape index (κ3) is 4.21. The molecule has 0 aliphatic carbocycles. The molecular formula is C15H22N2O3. The zero-order chi connectivity index (χ0) is 14.5. The number of carboxylic acid groups (broad SMARTS) is 1. The van der Waals surface area contributed by atoms with E-state index < -0.39 is 5.97 Å². The first-order chi connectivity index (χ1) is 9.54. The third-order valence-electron chi connectivity index (χ3n) is 3.71. The van der Waals surface area contributed by atoms with Crippen molar-refractivity contribution in [2.45, 2.75) is 19.0 Å². The summed E-state index contributed by atoms with van der Waals surface area (Å²) in [5.74, 6) is -0.362. The van der Waals surface area contributed by atoms with E-state index in [9.17, 15) is 4.79 Å². The minimum absolute atomic E-state index is 0.298. The van der Waals surface area contributed by atoms with Crippen LogP contribution in [0.4, 0.5) is 0 Å². The lowest BCUT2D eigenvalue weighted by Crippen LogP contribution is -2.33. The fourth-order valence-electron chi connectivity index (χ4n) is 2.52. The fourth-order valence-corrected chi connectivity index (χ4v) is 2.52. The van der Waals surface area contributed by atoms with E-state index in [1.165, 1.54) is 12.0 Å². The minimum atomic E-state index is -0.959. The molecule has 1 atom stereocenters. The van der Waals surface area contributed by atoms with E-state index in [-0.39, 0.29) is 6.61 Å². The number of hydrogen-bond acceptors (Lipinski definition) is 4. The molecule has 1 N–H and O–H groups in total. The fraction of sp³-hybridized carbons (Fsp3) is 0.533. The molecule has 5 heteroatoms. The summed E-state index contributed by atoms with van der Waals surface area (Å²) in [6.07, 6.45) is 1.22. The zero-order valence-corrected chi connectivity index (χ0v) is 12.1. The lowest BCUT2D eigenvalue weighted by molar-refractivity contribution is -0.139. The Morgan fingerprint density at radius 2 is 2.15 bits per heavy atom. The van der Waals surface area contributed by atoms with E-state index >= 15 is 0 Å². The predicted molar refractivity (Wildman–Crippen MR) is 76.9 cm³/mol. The number of hydrogen-bond donors (Lipinski definition) is 1. The number of aliphatic carboxylic acids is 1. The first-order valence-corrected chi connectivity index (χ1v) is 6.87. The van der Waals surface area contributed by atoms with Crippen molar-refractivity contribution >= 4 is 5.97 Å². The van der Waals surface area contributed by atoms with Crippen molar-refractivity contribution in [3.05, 3.63) is 29.8 Å². The number of nitrogens with zero attached hydrogens (tertiary/aromatic N) is 2. The SMILES string of the molecule is CN1CC[C@H](N(C)Cc2ccc(OCC(=O)O)cc2)C1. The maximum absolute atomic E-state index is 10.4. The van der Waals surface area contributed by atoms with Crippen LogP contribution in [-0.4, -0.2) is 60.7 Å². The molecule has 110 valence electrons. The Morgan fingerprint density at radius 1 is 1.45 bits per heavy atom. The third-order valence-corrected chi connectivity index (χ3v) is 3.71. The maximum atomic E-state index is 10.4. The number of likely N-dealkylation sites (N-methyl/N-ethyl adjacent to an activating group) is 2. The van der Waals surface area contributed by atoms with Gasteiger partial charge in [-0.1, -0.05) is 12.1 Å². The highest BCUT2D eigenvalue weighted by Gasteiger charge is 2.22. The number of benzene rings is 1. The predicted octanol–water partition coefficient (Wildman–Crippen LogP) is 1.29. The Balaban J connectivity index is 1.85. The van der Waals surface area contributed by atoms with Crippen molar-refractivity contribution < 1.29 is 14.6 Å². The maximum Gasteiger partial charge on any atom is 0.341 e. The van der Waals surface area contributed by atoms with Crippen LogP contribution in [0.5, 0.6) is 5.75 Å². The molecule has 1 aliphatic rings. The highest BCUT2D eigenvalue weighted by molar-refractivity contribution is 5.68. The average molecular weight is 278 g/mol. The number of carboxylic acids is 1. The van der Waals surface area contributed by atoms with Crippen LogP contribution >= 0.6 is 0 Å². The second kappa shape index (κ2) is 6.72. The molecule has 1 heterocycles. The first-order valence-electron chi connectivity index (χ1n) is 6.87. The summed E-state index contributed by atoms with van der Waals surface area (Å²) < 4.78 is 5.12. The second-order valence-electron chi connectivity index (χ2n) is 5.45. The number of likely N-dealkylation sites (tertiary alicyclic amines) is 1. The molecule has 0 saturated carbocycles. The van der Waals surface area contributed by atoms with Crippen molar-refractivity contribution in [2.75, 3.05) is 33.8 Å². The smallest absolute Gasteiger partial charge is 0.341 e. The van der Waals surface area contributed by atoms with Gasteiger partial charge < -0.3 is 14.7 Å². The van der Waals surface area contributed by atoms with Gasteiger partial charge in [-0.25, -0.2) is 4.79 Å². The van der Waals surface area contributed by atoms with Gasteiger partial charge in [0.2, 0.25) is 0 Å². The average Bonchev–Trinajstić information content (AvgIpc) is 2.85. The molecule has 5 nitrogen and oxygen atoms in total. The molecule has 1 aromatic carbocycles. The molecule has 0 radical (unpaired) electrons. The molecule has 0 amide bonds. The Kier molecular flexibility index (Phi) is 4.98. The number of rotatable bonds is 6. The molecule has 2 rings (SSSR count). The second-order valence-corrected chi connectivity index (χ2v) is 5.45. The highest BCUT2D eigenvalue weighted by Crippen LogP contribution is 2.17. The Morgan fingerprint density at radius 3 is 2.70 bits per heavy atom. The van der Waals surface area contributed by atoms with Crippen LogP contribution in [0.1, 0.15) is 12.0 Å². The van der Waals surface area contributed by atoms with Crippen LogP contribution in [-0.2, 0) is 11.3 Å². The van der Waals surface area contributed by atoms with E-state index in [1.807, 2.05) is 24.3 Å². The Hall–Kier alpha value is -1.59. The van der Waals surface area contributed by atoms with E-state index in [0.717, 1.165) is 19.6 Å². The minimum Gasteiger partial charge on any atom is -0.482 e. The molecule has 1 aromatic rings. The first kappa shape index (κ1) is 14.8. The van der Waals surface area contributed by atoms with Crippen LogP contribution in [0.25, 0.3) is 0 Å². The standard InChI is InChI=1S/C15H22N2O3/c1-16-8-7-13(10-16)17(2)9-12-3-5-14(6-4-12)20-11-15(18)19/h3-6,13H,7-11H2,1-2H3,(H,18,19)/t13-/m0/s1. The van der Waals surface area contributed by atoms with Gasteiger partial charge in [0.25, 0.3) is 0 Å². The summed E-state index contributed by atoms with van der Waals surface area (Å²) in [6, 6.07) is 8.25. The molecule has 20 heavy (non-hydrogen) atoms. The van der Waals surface area contributed by atoms with E-state index in [4.69, 9.17) is 9.84 Å². The van der Waals surface area contributed by atoms with Crippen molar-refractivity contribution in [2.24, 2.45) is 0 Å². The molecule has 0 bridgehead atoms. The van der Waals surface area contributed by atoms with E-state index in [2.05, 4.69) is 23.9 Å². The van der Waals surface area contributed by atoms with Crippen LogP contribution in [0, 0.1) is 0 Å². The normalized spacial score (nSPS) is 19.4. The van der Waals surface area contributed by atoms with Crippen molar-refractivity contribution in [1.82, 2.24) is 9.80 Å². The zero-order valence-electron chi connectivity index (χ0n) is 12.1. The van der Waals surface area contributed by atoms with Gasteiger partial charge in [0, 0.05) is 19.1 Å². The van der Waals surface area contributed by atoms with Crippen LogP contribution in [0.2, 0.25) is 0 Å². The quantitative estimate of drug-likeness (QED) is 0.849. The van der Waals surface area contributed by atoms with Crippen LogP contribution in [0.15, 0.2) is 24.3 Å². The van der Waals surface area contributed by atoms with Gasteiger partial charge in [-0.15, -0.1) is 0 Å². The van der Waals surface area contributed by atoms with Crippen LogP contribution < -0.4 is 4.74 Å². The lowest BCUT2D eigenvalue weighted by atomic mass is 10.1. The monoisotopic (exact) mass is 278 g/mol. The van der Waals surface area contributed by atoms with Crippen LogP contribution in [0.3, 0.4) is 0 Å². The van der Waals surface area contributed by atoms with Gasteiger partial charge in [0.05, 0.1) is 0 Å². The largest absolute Gasteiger partial charge is 0.482 e. The summed E-state index contributed by atoms with van der Waals surface area (Å²) in [7, 11) is 4.31. The van der Waals surface area contributed by atoms with Crippen molar-refractivity contribution in [3.63, 3.8) is 0 Å². The Bertz CT molecular complexity index is 447. The van der Waals surface area contributed by atoms with E-state index in [0.29, 0.717) is 11.8 Å². The van der Waals surface area contributed by atoms with Gasteiger partial charge in [-0.3, -0.25) is 4.90 Å². The van der Waals surface area contributed by atoms with E-state index in [1.54, 1.807) is 0 Å². The molecule has 0 aromatic heterocycles. The summed E-state index contributed by atoms with van der Waals surface area (Å²) in [4.78, 5) is 15.1. The van der Waals surface area contributed by atoms with Gasteiger partial charge in [-0.2, -0.15) is 0 Å². The summed E-state index contributed by atoms with van der Waals surface area (Å²) in [5, 5.41) is 8.56.